The van der Waals surface area contributed by atoms with Gasteiger partial charge >= 0.3 is 12.0 Å². The first-order chi connectivity index (χ1) is 15.4. The van der Waals surface area contributed by atoms with Gasteiger partial charge in [-0.1, -0.05) is 57.5 Å². The van der Waals surface area contributed by atoms with Gasteiger partial charge in [0.05, 0.1) is 11.6 Å². The summed E-state index contributed by atoms with van der Waals surface area (Å²) in [6.45, 7) is 5.89. The van der Waals surface area contributed by atoms with Crippen molar-refractivity contribution in [2.75, 3.05) is 0 Å². The van der Waals surface area contributed by atoms with Crippen molar-refractivity contribution < 1.29 is 24.2 Å². The minimum atomic E-state index is -1.03. The van der Waals surface area contributed by atoms with E-state index < -0.39 is 23.6 Å². The number of urea groups is 1. The van der Waals surface area contributed by atoms with Gasteiger partial charge in [-0.05, 0) is 49.1 Å². The van der Waals surface area contributed by atoms with Crippen molar-refractivity contribution in [1.82, 2.24) is 10.2 Å². The van der Waals surface area contributed by atoms with Crippen LogP contribution in [0.25, 0.3) is 0 Å². The summed E-state index contributed by atoms with van der Waals surface area (Å²) in [5, 5.41) is 12.1. The number of nitrogens with zero attached hydrogens (tertiary/aromatic N) is 1. The quantitative estimate of drug-likeness (QED) is 0.538. The van der Waals surface area contributed by atoms with E-state index in [0.717, 1.165) is 16.9 Å². The van der Waals surface area contributed by atoms with E-state index in [4.69, 9.17) is 9.84 Å². The van der Waals surface area contributed by atoms with Gasteiger partial charge in [0.1, 0.15) is 11.2 Å². The second-order valence-electron chi connectivity index (χ2n) is 8.06. The molecule has 1 aliphatic heterocycles. The molecule has 1 saturated heterocycles. The van der Waals surface area contributed by atoms with Gasteiger partial charge in [-0.2, -0.15) is 0 Å². The Hall–Kier alpha value is -3.35. The van der Waals surface area contributed by atoms with Gasteiger partial charge in [0.25, 0.3) is 0 Å². The molecule has 1 fully saturated rings. The molecule has 1 heterocycles. The maximum Gasteiger partial charge on any atom is 0.335 e. The Bertz CT molecular complexity index is 960. The third kappa shape index (κ3) is 4.33. The monoisotopic (exact) mass is 438 g/mol. The predicted molar refractivity (Wildman–Crippen MR) is 120 cm³/mol. The van der Waals surface area contributed by atoms with E-state index in [1.54, 1.807) is 12.1 Å². The fraction of sp³-hybridized carbons (Fsp3) is 0.400. The molecular weight excluding hydrogens is 408 g/mol. The summed E-state index contributed by atoms with van der Waals surface area (Å²) < 4.78 is 6.12. The van der Waals surface area contributed by atoms with E-state index in [-0.39, 0.29) is 17.5 Å². The maximum absolute atomic E-state index is 13.2. The molecule has 1 aliphatic rings. The van der Waals surface area contributed by atoms with Crippen molar-refractivity contribution in [1.29, 1.82) is 0 Å². The maximum atomic E-state index is 13.2. The number of rotatable bonds is 9. The number of aromatic carboxylic acids is 1. The van der Waals surface area contributed by atoms with E-state index in [1.807, 2.05) is 51.1 Å². The van der Waals surface area contributed by atoms with Gasteiger partial charge < -0.3 is 15.2 Å². The minimum absolute atomic E-state index is 0.139. The van der Waals surface area contributed by atoms with Gasteiger partial charge in [-0.3, -0.25) is 4.79 Å². The summed E-state index contributed by atoms with van der Waals surface area (Å²) in [5.41, 5.74) is 0.320. The first-order valence-corrected chi connectivity index (χ1v) is 11.1. The highest BCUT2D eigenvalue weighted by atomic mass is 16.5. The molecule has 3 amide bonds. The summed E-state index contributed by atoms with van der Waals surface area (Å²) in [7, 11) is 0. The lowest BCUT2D eigenvalue weighted by atomic mass is 9.70. The van der Waals surface area contributed by atoms with Crippen molar-refractivity contribution in [3.05, 3.63) is 65.7 Å². The number of carboxylic acid groups (broad SMARTS) is 1. The van der Waals surface area contributed by atoms with E-state index in [9.17, 15) is 14.4 Å². The topological polar surface area (TPSA) is 95.9 Å². The van der Waals surface area contributed by atoms with Gasteiger partial charge in [0, 0.05) is 0 Å². The molecule has 170 valence electrons. The van der Waals surface area contributed by atoms with Crippen LogP contribution in [-0.2, 0) is 4.79 Å². The second kappa shape index (κ2) is 9.85. The zero-order chi connectivity index (χ0) is 23.3. The third-order valence-corrected chi connectivity index (χ3v) is 6.15. The summed E-state index contributed by atoms with van der Waals surface area (Å²) in [6, 6.07) is 14.9. The molecule has 2 aromatic rings. The Labute approximate surface area is 188 Å². The number of β-lactam (4-membered cyclic amide) rings is 1. The molecule has 7 heteroatoms. The average molecular weight is 439 g/mol. The first kappa shape index (κ1) is 23.3. The van der Waals surface area contributed by atoms with Crippen LogP contribution in [0, 0.1) is 5.41 Å². The number of imide groups is 1. The van der Waals surface area contributed by atoms with Crippen LogP contribution in [0.4, 0.5) is 4.79 Å². The Kier molecular flexibility index (Phi) is 7.18. The Morgan fingerprint density at radius 1 is 1.09 bits per heavy atom. The van der Waals surface area contributed by atoms with Crippen LogP contribution < -0.4 is 10.1 Å². The lowest BCUT2D eigenvalue weighted by Crippen LogP contribution is -2.73. The molecule has 0 aliphatic carbocycles. The standard InChI is InChI=1S/C25H30N2O5/c1-4-16-25(6-3)22(30)27(23(25)32-19-14-12-18(13-15-19)21(28)29)24(31)26-20(5-2)17-10-8-7-9-11-17/h7-15,20,23H,4-6,16H2,1-3H3,(H,26,31)(H,28,29)/t20-,23+,25-/m1/s1. The number of ether oxygens (including phenoxy) is 1. The van der Waals surface area contributed by atoms with E-state index >= 15 is 0 Å². The number of carbonyl (C=O) groups excluding carboxylic acids is 2. The Balaban J connectivity index is 1.84. The first-order valence-electron chi connectivity index (χ1n) is 11.1. The molecule has 3 rings (SSSR count). The lowest BCUT2D eigenvalue weighted by molar-refractivity contribution is -0.191. The van der Waals surface area contributed by atoms with Crippen molar-refractivity contribution in [2.45, 2.75) is 58.7 Å². The number of benzene rings is 2. The number of amides is 3. The van der Waals surface area contributed by atoms with E-state index in [1.165, 1.54) is 12.1 Å². The molecule has 2 N–H and O–H groups in total. The number of hydrogen-bond acceptors (Lipinski definition) is 4. The smallest absolute Gasteiger partial charge is 0.335 e. The van der Waals surface area contributed by atoms with Gasteiger partial charge in [-0.25, -0.2) is 14.5 Å². The van der Waals surface area contributed by atoms with Crippen LogP contribution in [-0.4, -0.2) is 34.1 Å². The normalized spacial score (nSPS) is 20.9. The van der Waals surface area contributed by atoms with Crippen LogP contribution in [0.15, 0.2) is 54.6 Å². The fourth-order valence-electron chi connectivity index (χ4n) is 4.31. The van der Waals surface area contributed by atoms with Crippen LogP contribution in [0.3, 0.4) is 0 Å². The number of carbonyl (C=O) groups is 3. The number of nitrogens with one attached hydrogen (secondary N) is 1. The summed E-state index contributed by atoms with van der Waals surface area (Å²) in [6.07, 6.45) is 1.82. The largest absolute Gasteiger partial charge is 0.478 e. The number of likely N-dealkylation sites (tertiary alicyclic amines) is 1. The average Bonchev–Trinajstić information content (AvgIpc) is 2.81. The summed E-state index contributed by atoms with van der Waals surface area (Å²) in [4.78, 5) is 38.7. The molecule has 0 saturated carbocycles. The van der Waals surface area contributed by atoms with Crippen molar-refractivity contribution in [3.8, 4) is 5.75 Å². The molecule has 2 aromatic carbocycles. The minimum Gasteiger partial charge on any atom is -0.478 e. The molecular formula is C25H30N2O5. The van der Waals surface area contributed by atoms with Crippen molar-refractivity contribution in [2.24, 2.45) is 5.41 Å². The molecule has 32 heavy (non-hydrogen) atoms. The van der Waals surface area contributed by atoms with Gasteiger partial charge in [0.2, 0.25) is 5.91 Å². The third-order valence-electron chi connectivity index (χ3n) is 6.15. The zero-order valence-corrected chi connectivity index (χ0v) is 18.7. The summed E-state index contributed by atoms with van der Waals surface area (Å²) in [5.74, 6) is -0.861. The molecule has 0 spiro atoms. The van der Waals surface area contributed by atoms with E-state index in [0.29, 0.717) is 25.0 Å². The van der Waals surface area contributed by atoms with Gasteiger partial charge in [0.15, 0.2) is 6.23 Å². The highest BCUT2D eigenvalue weighted by molar-refractivity contribution is 6.03. The predicted octanol–water partition coefficient (Wildman–Crippen LogP) is 4.99. The fourth-order valence-corrected chi connectivity index (χ4v) is 4.31. The van der Waals surface area contributed by atoms with E-state index in [2.05, 4.69) is 5.32 Å². The van der Waals surface area contributed by atoms with Crippen LogP contribution >= 0.6 is 0 Å². The number of carboxylic acids is 1. The van der Waals surface area contributed by atoms with Crippen LogP contribution in [0.5, 0.6) is 5.75 Å². The molecule has 0 bridgehead atoms. The van der Waals surface area contributed by atoms with Gasteiger partial charge in [-0.15, -0.1) is 0 Å². The second-order valence-corrected chi connectivity index (χ2v) is 8.06. The highest BCUT2D eigenvalue weighted by Crippen LogP contribution is 2.47. The zero-order valence-electron chi connectivity index (χ0n) is 18.7. The molecule has 0 aromatic heterocycles. The van der Waals surface area contributed by atoms with Crippen molar-refractivity contribution in [3.63, 3.8) is 0 Å². The molecule has 0 radical (unpaired) electrons. The highest BCUT2D eigenvalue weighted by Gasteiger charge is 2.63. The lowest BCUT2D eigenvalue weighted by Gasteiger charge is -2.53. The Morgan fingerprint density at radius 2 is 1.75 bits per heavy atom. The molecule has 3 atom stereocenters. The van der Waals surface area contributed by atoms with Crippen molar-refractivity contribution >= 4 is 17.9 Å². The molecule has 7 nitrogen and oxygen atoms in total. The Morgan fingerprint density at radius 3 is 2.28 bits per heavy atom. The summed E-state index contributed by atoms with van der Waals surface area (Å²) >= 11 is 0. The SMILES string of the molecule is CCC[C@]1(CC)C(=O)N(C(=O)N[C@H](CC)c2ccccc2)[C@H]1Oc1ccc(C(=O)O)cc1. The number of hydrogen-bond donors (Lipinski definition) is 2. The molecule has 0 unspecified atom stereocenters. The van der Waals surface area contributed by atoms with Crippen LogP contribution in [0.1, 0.15) is 68.4 Å². The van der Waals surface area contributed by atoms with Crippen LogP contribution in [0.2, 0.25) is 0 Å².